The van der Waals surface area contributed by atoms with E-state index in [0.29, 0.717) is 41.9 Å². The van der Waals surface area contributed by atoms with Gasteiger partial charge in [-0.2, -0.15) is 10.4 Å². The van der Waals surface area contributed by atoms with Crippen molar-refractivity contribution >= 4 is 22.8 Å². The summed E-state index contributed by atoms with van der Waals surface area (Å²) >= 11 is 6.15. The summed E-state index contributed by atoms with van der Waals surface area (Å²) in [6, 6.07) is 9.70. The lowest BCUT2D eigenvalue weighted by Crippen LogP contribution is -2.29. The number of imidazole rings is 1. The van der Waals surface area contributed by atoms with Crippen LogP contribution in [0.3, 0.4) is 0 Å². The summed E-state index contributed by atoms with van der Waals surface area (Å²) < 4.78 is 12.7. The van der Waals surface area contributed by atoms with Gasteiger partial charge in [0.05, 0.1) is 48.5 Å². The van der Waals surface area contributed by atoms with Gasteiger partial charge in [-0.05, 0) is 30.7 Å². The van der Waals surface area contributed by atoms with Gasteiger partial charge in [0.15, 0.2) is 5.65 Å². The molecule has 2 atom stereocenters. The normalized spacial score (nSPS) is 18.7. The molecule has 9 heteroatoms. The van der Waals surface area contributed by atoms with Crippen LogP contribution in [0.2, 0.25) is 5.02 Å². The zero-order valence-electron chi connectivity index (χ0n) is 16.7. The number of aromatic nitrogens is 5. The number of rotatable bonds is 4. The third kappa shape index (κ3) is 3.52. The van der Waals surface area contributed by atoms with E-state index in [1.807, 2.05) is 29.1 Å². The van der Waals surface area contributed by atoms with Gasteiger partial charge in [-0.3, -0.25) is 4.68 Å². The average molecular weight is 435 g/mol. The molecule has 4 heterocycles. The molecule has 0 aliphatic carbocycles. The fraction of sp³-hybridized carbons (Fsp3) is 0.273. The molecule has 1 aromatic carbocycles. The van der Waals surface area contributed by atoms with Crippen LogP contribution in [0.25, 0.3) is 33.7 Å². The van der Waals surface area contributed by atoms with Crippen LogP contribution in [0.15, 0.2) is 42.9 Å². The minimum atomic E-state index is -0.113. The van der Waals surface area contributed by atoms with Crippen molar-refractivity contribution in [3.05, 3.63) is 47.9 Å². The average Bonchev–Trinajstić information content (AvgIpc) is 3.46. The van der Waals surface area contributed by atoms with Crippen molar-refractivity contribution < 1.29 is 9.47 Å². The Morgan fingerprint density at radius 3 is 3.06 bits per heavy atom. The topological polar surface area (TPSA) is 102 Å². The smallest absolute Gasteiger partial charge is 0.178 e. The van der Waals surface area contributed by atoms with Crippen LogP contribution in [-0.4, -0.2) is 45.1 Å². The fourth-order valence-corrected chi connectivity index (χ4v) is 4.08. The highest BCUT2D eigenvalue weighted by atomic mass is 35.5. The van der Waals surface area contributed by atoms with E-state index >= 15 is 0 Å². The Bertz CT molecular complexity index is 1290. The fourth-order valence-electron chi connectivity index (χ4n) is 3.89. The molecule has 2 unspecified atom stereocenters. The molecule has 4 aromatic rings. The second kappa shape index (κ2) is 8.02. The molecule has 0 bridgehead atoms. The van der Waals surface area contributed by atoms with Gasteiger partial charge in [0.25, 0.3) is 0 Å². The molecule has 5 rings (SSSR count). The Hall–Kier alpha value is -3.41. The number of nitriles is 1. The maximum absolute atomic E-state index is 9.47. The first kappa shape index (κ1) is 19.5. The molecule has 0 spiro atoms. The number of hydrogen-bond acceptors (Lipinski definition) is 6. The number of hydrogen-bond donors (Lipinski definition) is 1. The van der Waals surface area contributed by atoms with Crippen LogP contribution in [0.5, 0.6) is 5.75 Å². The zero-order chi connectivity index (χ0) is 21.4. The summed E-state index contributed by atoms with van der Waals surface area (Å²) in [7, 11) is 1.58. The van der Waals surface area contributed by atoms with Crippen LogP contribution in [-0.2, 0) is 4.74 Å². The molecular weight excluding hydrogens is 416 g/mol. The number of aromatic amines is 1. The van der Waals surface area contributed by atoms with Gasteiger partial charge >= 0.3 is 0 Å². The molecule has 1 saturated heterocycles. The largest absolute Gasteiger partial charge is 0.495 e. The molecule has 0 saturated carbocycles. The first-order chi connectivity index (χ1) is 15.2. The van der Waals surface area contributed by atoms with E-state index in [1.54, 1.807) is 25.6 Å². The number of nitrogens with zero attached hydrogens (tertiary/aromatic N) is 5. The molecule has 8 nitrogen and oxygen atoms in total. The first-order valence-electron chi connectivity index (χ1n) is 9.88. The Labute approximate surface area is 183 Å². The lowest BCUT2D eigenvalue weighted by Gasteiger charge is -2.26. The minimum absolute atomic E-state index is 0.0938. The monoisotopic (exact) mass is 434 g/mol. The maximum Gasteiger partial charge on any atom is 0.178 e. The van der Waals surface area contributed by atoms with Crippen molar-refractivity contribution in [2.45, 2.75) is 12.5 Å². The van der Waals surface area contributed by atoms with Crippen molar-refractivity contribution in [2.24, 2.45) is 5.92 Å². The zero-order valence-corrected chi connectivity index (χ0v) is 17.5. The van der Waals surface area contributed by atoms with E-state index in [2.05, 4.69) is 26.1 Å². The van der Waals surface area contributed by atoms with Gasteiger partial charge < -0.3 is 14.5 Å². The second-order valence-electron chi connectivity index (χ2n) is 7.37. The molecule has 3 aromatic heterocycles. The van der Waals surface area contributed by atoms with Gasteiger partial charge in [0.1, 0.15) is 11.6 Å². The van der Waals surface area contributed by atoms with Crippen LogP contribution < -0.4 is 4.74 Å². The molecule has 1 fully saturated rings. The summed E-state index contributed by atoms with van der Waals surface area (Å²) in [5.41, 5.74) is 4.10. The number of fused-ring (bicyclic) bond motifs is 1. The highest BCUT2D eigenvalue weighted by Gasteiger charge is 2.28. The molecule has 1 aliphatic rings. The Morgan fingerprint density at radius 2 is 2.23 bits per heavy atom. The Kier molecular flexibility index (Phi) is 5.06. The van der Waals surface area contributed by atoms with Crippen molar-refractivity contribution in [1.29, 1.82) is 5.26 Å². The standard InChI is InChI=1S/C22H19ClN6O2/c1-30-19-8-13(2-3-17(19)23)21-27-20-16(4-6-25-22(20)28-21)15-10-26-29(11-15)18-12-31-7-5-14(18)9-24/h2-4,6,8,10-11,14,18H,5,7,12H2,1H3,(H,25,27,28). The van der Waals surface area contributed by atoms with Gasteiger partial charge in [-0.25, -0.2) is 9.97 Å². The number of halogens is 1. The summed E-state index contributed by atoms with van der Waals surface area (Å²) in [5, 5.41) is 14.5. The molecule has 0 radical (unpaired) electrons. The molecule has 156 valence electrons. The van der Waals surface area contributed by atoms with E-state index in [9.17, 15) is 5.26 Å². The van der Waals surface area contributed by atoms with Crippen molar-refractivity contribution in [3.8, 4) is 34.3 Å². The van der Waals surface area contributed by atoms with Crippen LogP contribution in [0, 0.1) is 17.2 Å². The van der Waals surface area contributed by atoms with E-state index < -0.39 is 0 Å². The number of nitrogens with one attached hydrogen (secondary N) is 1. The Morgan fingerprint density at radius 1 is 1.32 bits per heavy atom. The highest BCUT2D eigenvalue weighted by molar-refractivity contribution is 6.32. The maximum atomic E-state index is 9.47. The van der Waals surface area contributed by atoms with Gasteiger partial charge in [0.2, 0.25) is 0 Å². The molecule has 0 amide bonds. The highest BCUT2D eigenvalue weighted by Crippen LogP contribution is 2.33. The van der Waals surface area contributed by atoms with E-state index in [4.69, 9.17) is 21.1 Å². The quantitative estimate of drug-likeness (QED) is 0.515. The number of benzene rings is 1. The van der Waals surface area contributed by atoms with Crippen LogP contribution >= 0.6 is 11.6 Å². The first-order valence-corrected chi connectivity index (χ1v) is 10.3. The molecule has 31 heavy (non-hydrogen) atoms. The van der Waals surface area contributed by atoms with Crippen molar-refractivity contribution in [1.82, 2.24) is 24.7 Å². The molecular formula is C22H19ClN6O2. The van der Waals surface area contributed by atoms with Crippen LogP contribution in [0.1, 0.15) is 12.5 Å². The van der Waals surface area contributed by atoms with Crippen molar-refractivity contribution in [3.63, 3.8) is 0 Å². The predicted octanol–water partition coefficient (Wildman–Crippen LogP) is 4.25. The molecule has 1 aliphatic heterocycles. The number of H-pyrrole nitrogens is 1. The van der Waals surface area contributed by atoms with Gasteiger partial charge in [-0.15, -0.1) is 0 Å². The number of ether oxygens (including phenoxy) is 2. The van der Waals surface area contributed by atoms with E-state index in [0.717, 1.165) is 22.2 Å². The summed E-state index contributed by atoms with van der Waals surface area (Å²) in [4.78, 5) is 12.4. The van der Waals surface area contributed by atoms with E-state index in [1.165, 1.54) is 0 Å². The van der Waals surface area contributed by atoms with Crippen LogP contribution in [0.4, 0.5) is 0 Å². The van der Waals surface area contributed by atoms with Gasteiger partial charge in [-0.1, -0.05) is 11.6 Å². The lowest BCUT2D eigenvalue weighted by atomic mass is 9.97. The summed E-state index contributed by atoms with van der Waals surface area (Å²) in [5.74, 6) is 1.14. The number of methoxy groups -OCH3 is 1. The second-order valence-corrected chi connectivity index (χ2v) is 7.77. The molecule has 1 N–H and O–H groups in total. The van der Waals surface area contributed by atoms with E-state index in [-0.39, 0.29) is 12.0 Å². The predicted molar refractivity (Wildman–Crippen MR) is 116 cm³/mol. The lowest BCUT2D eigenvalue weighted by molar-refractivity contribution is 0.0341. The summed E-state index contributed by atoms with van der Waals surface area (Å²) in [6.07, 6.45) is 6.18. The SMILES string of the molecule is COc1cc(-c2nc3nccc(-c4cnn(C5COCCC5C#N)c4)c3[nH]2)ccc1Cl. The number of pyridine rings is 1. The Balaban J connectivity index is 1.53. The summed E-state index contributed by atoms with van der Waals surface area (Å²) in [6.45, 7) is 1.10. The third-order valence-electron chi connectivity index (χ3n) is 5.56. The van der Waals surface area contributed by atoms with Gasteiger partial charge in [0, 0.05) is 35.7 Å². The minimum Gasteiger partial charge on any atom is -0.495 e. The third-order valence-corrected chi connectivity index (χ3v) is 5.87. The van der Waals surface area contributed by atoms with Crippen molar-refractivity contribution in [2.75, 3.05) is 20.3 Å².